The number of aromatic nitrogens is 2. The van der Waals surface area contributed by atoms with Crippen LogP contribution in [0.1, 0.15) is 54.6 Å². The van der Waals surface area contributed by atoms with Gasteiger partial charge >= 0.3 is 5.97 Å². The van der Waals surface area contributed by atoms with Crippen molar-refractivity contribution in [2.75, 3.05) is 24.4 Å². The maximum absolute atomic E-state index is 12.7. The number of pyridine rings is 1. The molecule has 4 aromatic rings. The number of nitrogens with zero attached hydrogens (tertiary/aromatic N) is 3. The van der Waals surface area contributed by atoms with Crippen molar-refractivity contribution in [2.24, 2.45) is 5.41 Å². The van der Waals surface area contributed by atoms with Crippen LogP contribution in [0.25, 0.3) is 5.69 Å². The van der Waals surface area contributed by atoms with Crippen LogP contribution in [0.3, 0.4) is 0 Å². The van der Waals surface area contributed by atoms with E-state index in [1.54, 1.807) is 25.4 Å². The number of esters is 1. The summed E-state index contributed by atoms with van der Waals surface area (Å²) < 4.78 is 12.8. The molecule has 0 bridgehead atoms. The van der Waals surface area contributed by atoms with Gasteiger partial charge in [-0.1, -0.05) is 39.0 Å². The Morgan fingerprint density at radius 1 is 1.00 bits per heavy atom. The van der Waals surface area contributed by atoms with Gasteiger partial charge in [-0.25, -0.2) is 4.79 Å². The van der Waals surface area contributed by atoms with Crippen molar-refractivity contribution in [1.82, 2.24) is 14.9 Å². The highest BCUT2D eigenvalue weighted by molar-refractivity contribution is 7.80. The lowest BCUT2D eigenvalue weighted by atomic mass is 9.95. The minimum atomic E-state index is -0.572. The molecule has 1 aliphatic heterocycles. The molecule has 5 rings (SSSR count). The minimum Gasteiger partial charge on any atom is -0.494 e. The number of methoxy groups -OCH3 is 2. The van der Waals surface area contributed by atoms with E-state index in [0.717, 1.165) is 17.1 Å². The van der Waals surface area contributed by atoms with Crippen molar-refractivity contribution in [3.05, 3.63) is 102 Å². The number of benzene rings is 2. The van der Waals surface area contributed by atoms with Crippen molar-refractivity contribution in [1.29, 1.82) is 0 Å². The first-order valence-corrected chi connectivity index (χ1v) is 13.9. The fourth-order valence-electron chi connectivity index (χ4n) is 5.00. The average molecular weight is 584 g/mol. The summed E-state index contributed by atoms with van der Waals surface area (Å²) in [6.45, 7) is 5.56. The van der Waals surface area contributed by atoms with Gasteiger partial charge in [0.05, 0.1) is 42.9 Å². The monoisotopic (exact) mass is 583 g/mol. The summed E-state index contributed by atoms with van der Waals surface area (Å²) in [5.74, 6) is -0.0532. The van der Waals surface area contributed by atoms with Gasteiger partial charge in [0.1, 0.15) is 11.8 Å². The van der Waals surface area contributed by atoms with E-state index in [2.05, 4.69) is 15.6 Å². The van der Waals surface area contributed by atoms with Crippen LogP contribution in [0, 0.1) is 5.41 Å². The van der Waals surface area contributed by atoms with Gasteiger partial charge < -0.3 is 29.6 Å². The molecule has 0 radical (unpaired) electrons. The molecule has 0 aliphatic carbocycles. The summed E-state index contributed by atoms with van der Waals surface area (Å²) in [5, 5.41) is 6.93. The van der Waals surface area contributed by atoms with E-state index in [1.165, 1.54) is 7.11 Å². The van der Waals surface area contributed by atoms with E-state index in [4.69, 9.17) is 21.7 Å². The number of ether oxygens (including phenoxy) is 2. The standard InChI is InChI=1S/C32H33N5O4S/c1-32(2,3)30(39)34-22-16-15-20(19-26(22)40-4)37-28(27(35-31(37)42)23-12-8-9-17-33-23)25-14-10-18-36(25)24-13-7-6-11-21(24)29(38)41-5/h6-19,27-28H,1-5H3,(H,34,39)(H,35,42)/t27-,28+/m0/s1. The van der Waals surface area contributed by atoms with E-state index in [9.17, 15) is 9.59 Å². The fourth-order valence-corrected chi connectivity index (χ4v) is 5.34. The Hall–Kier alpha value is -4.70. The number of anilines is 2. The van der Waals surface area contributed by atoms with Crippen LogP contribution in [0.15, 0.2) is 85.2 Å². The molecule has 1 aliphatic rings. The normalized spacial score (nSPS) is 16.6. The van der Waals surface area contributed by atoms with Crippen molar-refractivity contribution in [3.8, 4) is 11.4 Å². The molecule has 0 unspecified atom stereocenters. The highest BCUT2D eigenvalue weighted by Gasteiger charge is 2.42. The number of thiocarbonyl (C=S) groups is 1. The zero-order valence-corrected chi connectivity index (χ0v) is 24.9. The Labute approximate surface area is 250 Å². The molecule has 216 valence electrons. The second kappa shape index (κ2) is 11.7. The van der Waals surface area contributed by atoms with Gasteiger partial charge in [-0.2, -0.15) is 0 Å². The lowest BCUT2D eigenvalue weighted by molar-refractivity contribution is -0.123. The average Bonchev–Trinajstić information content (AvgIpc) is 3.61. The lowest BCUT2D eigenvalue weighted by Crippen LogP contribution is -2.30. The number of para-hydroxylation sites is 1. The van der Waals surface area contributed by atoms with Crippen LogP contribution in [0.5, 0.6) is 5.75 Å². The fraction of sp³-hybridized carbons (Fsp3) is 0.250. The van der Waals surface area contributed by atoms with E-state index in [1.807, 2.05) is 97.1 Å². The number of amides is 1. The summed E-state index contributed by atoms with van der Waals surface area (Å²) in [6, 6.07) is 21.9. The number of hydrogen-bond acceptors (Lipinski definition) is 6. The predicted molar refractivity (Wildman–Crippen MR) is 166 cm³/mol. The van der Waals surface area contributed by atoms with Gasteiger partial charge in [0.25, 0.3) is 0 Å². The highest BCUT2D eigenvalue weighted by atomic mass is 32.1. The Kier molecular flexibility index (Phi) is 8.00. The van der Waals surface area contributed by atoms with Crippen LogP contribution < -0.4 is 20.3 Å². The third-order valence-electron chi connectivity index (χ3n) is 7.14. The van der Waals surface area contributed by atoms with Crippen LogP contribution in [-0.2, 0) is 9.53 Å². The molecule has 2 aromatic heterocycles. The molecular formula is C32H33N5O4S. The summed E-state index contributed by atoms with van der Waals surface area (Å²) in [6.07, 6.45) is 3.67. The molecule has 0 saturated carbocycles. The Bertz CT molecular complexity index is 1630. The van der Waals surface area contributed by atoms with Crippen LogP contribution in [0.4, 0.5) is 11.4 Å². The predicted octanol–water partition coefficient (Wildman–Crippen LogP) is 5.83. The maximum Gasteiger partial charge on any atom is 0.339 e. The Morgan fingerprint density at radius 3 is 2.45 bits per heavy atom. The molecule has 1 fully saturated rings. The van der Waals surface area contributed by atoms with Gasteiger partial charge in [-0.3, -0.25) is 9.78 Å². The molecule has 0 spiro atoms. The molecule has 2 atom stereocenters. The van der Waals surface area contributed by atoms with E-state index >= 15 is 0 Å². The van der Waals surface area contributed by atoms with E-state index in [0.29, 0.717) is 27.8 Å². The lowest BCUT2D eigenvalue weighted by Gasteiger charge is -2.30. The number of hydrogen-bond donors (Lipinski definition) is 2. The molecule has 2 N–H and O–H groups in total. The largest absolute Gasteiger partial charge is 0.494 e. The molecule has 2 aromatic carbocycles. The Morgan fingerprint density at radius 2 is 1.76 bits per heavy atom. The van der Waals surface area contributed by atoms with Crippen LogP contribution in [0.2, 0.25) is 0 Å². The molecule has 1 amide bonds. The molecule has 3 heterocycles. The zero-order valence-electron chi connectivity index (χ0n) is 24.1. The molecule has 10 heteroatoms. The minimum absolute atomic E-state index is 0.123. The van der Waals surface area contributed by atoms with Gasteiger partial charge in [-0.05, 0) is 60.7 Å². The summed E-state index contributed by atoms with van der Waals surface area (Å²) in [4.78, 5) is 32.1. The molecule has 1 saturated heterocycles. The SMILES string of the molecule is COC(=O)c1ccccc1-n1cccc1[C@@H]1[C@H](c2ccccn2)NC(=S)N1c1ccc(NC(=O)C(C)(C)C)c(OC)c1. The third-order valence-corrected chi connectivity index (χ3v) is 7.46. The first-order valence-electron chi connectivity index (χ1n) is 13.5. The van der Waals surface area contributed by atoms with Crippen molar-refractivity contribution >= 4 is 40.6 Å². The van der Waals surface area contributed by atoms with Crippen molar-refractivity contribution < 1.29 is 19.1 Å². The quantitative estimate of drug-likeness (QED) is 0.207. The second-order valence-electron chi connectivity index (χ2n) is 10.9. The van der Waals surface area contributed by atoms with Crippen molar-refractivity contribution in [2.45, 2.75) is 32.9 Å². The Balaban J connectivity index is 1.64. The third kappa shape index (κ3) is 5.45. The van der Waals surface area contributed by atoms with Crippen LogP contribution in [-0.4, -0.2) is 40.8 Å². The van der Waals surface area contributed by atoms with Gasteiger partial charge in [-0.15, -0.1) is 0 Å². The van der Waals surface area contributed by atoms with Gasteiger partial charge in [0, 0.05) is 35.3 Å². The number of rotatable bonds is 7. The first kappa shape index (κ1) is 28.8. The zero-order chi connectivity index (χ0) is 30.0. The number of carbonyl (C=O) groups is 2. The second-order valence-corrected chi connectivity index (χ2v) is 11.3. The summed E-state index contributed by atoms with van der Waals surface area (Å²) in [7, 11) is 2.93. The smallest absolute Gasteiger partial charge is 0.339 e. The maximum atomic E-state index is 12.7. The summed E-state index contributed by atoms with van der Waals surface area (Å²) in [5.41, 5.74) is 3.55. The van der Waals surface area contributed by atoms with Crippen LogP contribution >= 0.6 is 12.2 Å². The van der Waals surface area contributed by atoms with Gasteiger partial charge in [0.15, 0.2) is 5.11 Å². The molecular weight excluding hydrogens is 550 g/mol. The topological polar surface area (TPSA) is 97.7 Å². The number of nitrogens with one attached hydrogen (secondary N) is 2. The molecule has 42 heavy (non-hydrogen) atoms. The summed E-state index contributed by atoms with van der Waals surface area (Å²) >= 11 is 5.92. The van der Waals surface area contributed by atoms with Crippen molar-refractivity contribution in [3.63, 3.8) is 0 Å². The highest BCUT2D eigenvalue weighted by Crippen LogP contribution is 2.44. The molecule has 9 nitrogen and oxygen atoms in total. The van der Waals surface area contributed by atoms with E-state index in [-0.39, 0.29) is 18.0 Å². The first-order chi connectivity index (χ1) is 20.1. The van der Waals surface area contributed by atoms with Gasteiger partial charge in [0.2, 0.25) is 5.91 Å². The van der Waals surface area contributed by atoms with E-state index < -0.39 is 11.4 Å². The number of carbonyl (C=O) groups excluding carboxylic acids is 2.